The Morgan fingerprint density at radius 1 is 1.10 bits per heavy atom. The SMILES string of the molecule is Cc1cc(C)c(CN2CCSc3ccc(N)cc32)c(C)c1. The van der Waals surface area contributed by atoms with Crippen molar-refractivity contribution in [1.82, 2.24) is 0 Å². The van der Waals surface area contributed by atoms with E-state index in [0.717, 1.165) is 24.5 Å². The molecule has 1 heterocycles. The molecular formula is C18H22N2S. The standard InChI is InChI=1S/C18H22N2S/c1-12-8-13(2)16(14(3)9-12)11-20-6-7-21-18-5-4-15(19)10-17(18)20/h4-5,8-10H,6-7,11,19H2,1-3H3. The largest absolute Gasteiger partial charge is 0.399 e. The molecule has 1 aliphatic rings. The second kappa shape index (κ2) is 5.64. The number of aryl methyl sites for hydroxylation is 3. The average Bonchev–Trinajstić information content (AvgIpc) is 2.43. The van der Waals surface area contributed by atoms with E-state index in [1.807, 2.05) is 17.8 Å². The third kappa shape index (κ3) is 2.88. The van der Waals surface area contributed by atoms with Gasteiger partial charge in [-0.05, 0) is 55.7 Å². The van der Waals surface area contributed by atoms with Gasteiger partial charge < -0.3 is 10.6 Å². The van der Waals surface area contributed by atoms with Crippen molar-refractivity contribution >= 4 is 23.1 Å². The van der Waals surface area contributed by atoms with Crippen molar-refractivity contribution in [2.75, 3.05) is 22.9 Å². The first kappa shape index (κ1) is 14.3. The smallest absolute Gasteiger partial charge is 0.0528 e. The number of hydrogen-bond donors (Lipinski definition) is 1. The van der Waals surface area contributed by atoms with Gasteiger partial charge in [-0.2, -0.15) is 0 Å². The Labute approximate surface area is 131 Å². The van der Waals surface area contributed by atoms with Gasteiger partial charge in [-0.3, -0.25) is 0 Å². The lowest BCUT2D eigenvalue weighted by Crippen LogP contribution is -2.29. The summed E-state index contributed by atoms with van der Waals surface area (Å²) in [5.74, 6) is 1.14. The zero-order valence-electron chi connectivity index (χ0n) is 12.9. The predicted octanol–water partition coefficient (Wildman–Crippen LogP) is 4.31. The van der Waals surface area contributed by atoms with Gasteiger partial charge >= 0.3 is 0 Å². The molecule has 0 aliphatic carbocycles. The van der Waals surface area contributed by atoms with Crippen LogP contribution in [0.25, 0.3) is 0 Å². The van der Waals surface area contributed by atoms with E-state index in [2.05, 4.69) is 49.9 Å². The van der Waals surface area contributed by atoms with Crippen LogP contribution in [0.3, 0.4) is 0 Å². The Balaban J connectivity index is 1.96. The van der Waals surface area contributed by atoms with Crippen molar-refractivity contribution in [3.05, 3.63) is 52.6 Å². The molecule has 21 heavy (non-hydrogen) atoms. The van der Waals surface area contributed by atoms with Crippen molar-refractivity contribution in [2.45, 2.75) is 32.2 Å². The molecule has 2 aromatic rings. The lowest BCUT2D eigenvalue weighted by Gasteiger charge is -2.32. The van der Waals surface area contributed by atoms with Gasteiger partial charge in [0.05, 0.1) is 5.69 Å². The van der Waals surface area contributed by atoms with Crippen molar-refractivity contribution in [2.24, 2.45) is 0 Å². The van der Waals surface area contributed by atoms with E-state index in [0.29, 0.717) is 0 Å². The quantitative estimate of drug-likeness (QED) is 0.838. The number of nitrogens with zero attached hydrogens (tertiary/aromatic N) is 1. The van der Waals surface area contributed by atoms with E-state index in [1.165, 1.54) is 32.8 Å². The second-order valence-corrected chi connectivity index (χ2v) is 7.01. The van der Waals surface area contributed by atoms with Crippen molar-refractivity contribution in [1.29, 1.82) is 0 Å². The van der Waals surface area contributed by atoms with Crippen LogP contribution < -0.4 is 10.6 Å². The number of anilines is 2. The van der Waals surface area contributed by atoms with Gasteiger partial charge in [0.1, 0.15) is 0 Å². The molecule has 2 nitrogen and oxygen atoms in total. The Bertz CT molecular complexity index is 656. The first-order chi connectivity index (χ1) is 10.0. The molecule has 0 atom stereocenters. The van der Waals surface area contributed by atoms with E-state index in [4.69, 9.17) is 5.73 Å². The number of nitrogens with two attached hydrogens (primary N) is 1. The maximum absolute atomic E-state index is 5.98. The van der Waals surface area contributed by atoms with Crippen molar-refractivity contribution in [3.63, 3.8) is 0 Å². The van der Waals surface area contributed by atoms with Gasteiger partial charge in [-0.15, -0.1) is 11.8 Å². The van der Waals surface area contributed by atoms with Crippen LogP contribution in [0.4, 0.5) is 11.4 Å². The fraction of sp³-hybridized carbons (Fsp3) is 0.333. The van der Waals surface area contributed by atoms with Crippen LogP contribution in [0.1, 0.15) is 22.3 Å². The molecule has 1 aliphatic heterocycles. The molecule has 0 saturated heterocycles. The van der Waals surface area contributed by atoms with Gasteiger partial charge in [-0.25, -0.2) is 0 Å². The number of hydrogen-bond acceptors (Lipinski definition) is 3. The Hall–Kier alpha value is -1.61. The summed E-state index contributed by atoms with van der Waals surface area (Å²) in [4.78, 5) is 3.81. The molecular weight excluding hydrogens is 276 g/mol. The maximum atomic E-state index is 5.98. The van der Waals surface area contributed by atoms with Gasteiger partial charge in [0.2, 0.25) is 0 Å². The molecule has 0 spiro atoms. The summed E-state index contributed by atoms with van der Waals surface area (Å²) in [6.45, 7) is 8.64. The van der Waals surface area contributed by atoms with E-state index in [-0.39, 0.29) is 0 Å². The monoisotopic (exact) mass is 298 g/mol. The average molecular weight is 298 g/mol. The third-order valence-corrected chi connectivity index (χ3v) is 5.17. The van der Waals surface area contributed by atoms with Crippen LogP contribution in [-0.4, -0.2) is 12.3 Å². The minimum Gasteiger partial charge on any atom is -0.399 e. The summed E-state index contributed by atoms with van der Waals surface area (Å²) in [6, 6.07) is 10.8. The molecule has 0 aromatic heterocycles. The summed E-state index contributed by atoms with van der Waals surface area (Å²) in [6.07, 6.45) is 0. The van der Waals surface area contributed by atoms with Crippen LogP contribution in [0.5, 0.6) is 0 Å². The normalized spacial score (nSPS) is 14.1. The first-order valence-electron chi connectivity index (χ1n) is 7.38. The Kier molecular flexibility index (Phi) is 3.85. The maximum Gasteiger partial charge on any atom is 0.0528 e. The highest BCUT2D eigenvalue weighted by Crippen LogP contribution is 2.37. The van der Waals surface area contributed by atoms with Gasteiger partial charge in [0, 0.05) is 29.4 Å². The van der Waals surface area contributed by atoms with E-state index in [1.54, 1.807) is 0 Å². The van der Waals surface area contributed by atoms with Gasteiger partial charge in [-0.1, -0.05) is 17.7 Å². The van der Waals surface area contributed by atoms with Gasteiger partial charge in [0.25, 0.3) is 0 Å². The van der Waals surface area contributed by atoms with E-state index >= 15 is 0 Å². The summed E-state index contributed by atoms with van der Waals surface area (Å²) < 4.78 is 0. The predicted molar refractivity (Wildman–Crippen MR) is 93.3 cm³/mol. The molecule has 0 radical (unpaired) electrons. The van der Waals surface area contributed by atoms with Crippen LogP contribution in [0.15, 0.2) is 35.2 Å². The molecule has 110 valence electrons. The summed E-state index contributed by atoms with van der Waals surface area (Å²) >= 11 is 1.93. The number of fused-ring (bicyclic) bond motifs is 1. The van der Waals surface area contributed by atoms with Crippen molar-refractivity contribution in [3.8, 4) is 0 Å². The highest BCUT2D eigenvalue weighted by atomic mass is 32.2. The van der Waals surface area contributed by atoms with Crippen LogP contribution >= 0.6 is 11.8 Å². The lowest BCUT2D eigenvalue weighted by molar-refractivity contribution is 0.808. The fourth-order valence-corrected chi connectivity index (χ4v) is 4.14. The molecule has 0 fully saturated rings. The Morgan fingerprint density at radius 2 is 1.81 bits per heavy atom. The number of nitrogen functional groups attached to an aromatic ring is 1. The van der Waals surface area contributed by atoms with Crippen LogP contribution in [0, 0.1) is 20.8 Å². The Morgan fingerprint density at radius 3 is 2.52 bits per heavy atom. The zero-order chi connectivity index (χ0) is 15.0. The molecule has 2 N–H and O–H groups in total. The molecule has 0 saturated carbocycles. The minimum atomic E-state index is 0.846. The second-order valence-electron chi connectivity index (χ2n) is 5.87. The topological polar surface area (TPSA) is 29.3 Å². The van der Waals surface area contributed by atoms with Gasteiger partial charge in [0.15, 0.2) is 0 Å². The number of benzene rings is 2. The fourth-order valence-electron chi connectivity index (χ4n) is 3.10. The molecule has 0 unspecified atom stereocenters. The highest BCUT2D eigenvalue weighted by molar-refractivity contribution is 7.99. The highest BCUT2D eigenvalue weighted by Gasteiger charge is 2.19. The summed E-state index contributed by atoms with van der Waals surface area (Å²) in [5, 5.41) is 0. The molecule has 3 rings (SSSR count). The van der Waals surface area contributed by atoms with Crippen molar-refractivity contribution < 1.29 is 0 Å². The zero-order valence-corrected chi connectivity index (χ0v) is 13.8. The van der Waals surface area contributed by atoms with Crippen LogP contribution in [-0.2, 0) is 6.54 Å². The molecule has 0 bridgehead atoms. The number of rotatable bonds is 2. The molecule has 3 heteroatoms. The third-order valence-electron chi connectivity index (χ3n) is 4.13. The minimum absolute atomic E-state index is 0.846. The molecule has 2 aromatic carbocycles. The summed E-state index contributed by atoms with van der Waals surface area (Å²) in [5.41, 5.74) is 13.7. The first-order valence-corrected chi connectivity index (χ1v) is 8.37. The molecule has 0 amide bonds. The van der Waals surface area contributed by atoms with E-state index < -0.39 is 0 Å². The van der Waals surface area contributed by atoms with E-state index in [9.17, 15) is 0 Å². The summed E-state index contributed by atoms with van der Waals surface area (Å²) in [7, 11) is 0. The number of thioether (sulfide) groups is 1. The van der Waals surface area contributed by atoms with Crippen LogP contribution in [0.2, 0.25) is 0 Å². The lowest BCUT2D eigenvalue weighted by atomic mass is 9.99.